The number of aryl methyl sites for hydroxylation is 1. The van der Waals surface area contributed by atoms with Crippen LogP contribution in [0.5, 0.6) is 0 Å². The molecule has 1 aliphatic rings. The molecule has 2 atom stereocenters. The summed E-state index contributed by atoms with van der Waals surface area (Å²) in [6.45, 7) is 4.81. The van der Waals surface area contributed by atoms with Crippen molar-refractivity contribution in [2.24, 2.45) is 0 Å². The van der Waals surface area contributed by atoms with E-state index in [9.17, 15) is 8.42 Å². The molecule has 0 radical (unpaired) electrons. The van der Waals surface area contributed by atoms with Crippen LogP contribution in [0.2, 0.25) is 0 Å². The molecule has 4 nitrogen and oxygen atoms in total. The molecule has 0 spiro atoms. The van der Waals surface area contributed by atoms with Crippen molar-refractivity contribution in [1.29, 1.82) is 0 Å². The van der Waals surface area contributed by atoms with Gasteiger partial charge in [-0.05, 0) is 44.4 Å². The van der Waals surface area contributed by atoms with E-state index < -0.39 is 10.0 Å². The summed E-state index contributed by atoms with van der Waals surface area (Å²) in [6, 6.07) is 7.78. The van der Waals surface area contributed by atoms with Crippen LogP contribution in [-0.2, 0) is 10.0 Å². The number of sulfonamides is 1. The van der Waals surface area contributed by atoms with E-state index in [2.05, 4.69) is 10.0 Å². The first-order valence-corrected chi connectivity index (χ1v) is 8.42. The molecule has 0 amide bonds. The van der Waals surface area contributed by atoms with Crippen molar-refractivity contribution in [3.05, 3.63) is 35.4 Å². The predicted octanol–water partition coefficient (Wildman–Crippen LogP) is 1.73. The molecule has 1 aromatic rings. The van der Waals surface area contributed by atoms with Gasteiger partial charge in [-0.25, -0.2) is 13.1 Å². The molecular formula is C14H22N2O2S. The molecule has 2 rings (SSSR count). The fourth-order valence-electron chi connectivity index (χ4n) is 2.62. The Morgan fingerprint density at radius 1 is 1.42 bits per heavy atom. The lowest BCUT2D eigenvalue weighted by molar-refractivity contribution is 0.551. The van der Waals surface area contributed by atoms with Crippen LogP contribution in [0.3, 0.4) is 0 Å². The maximum Gasteiger partial charge on any atom is 0.213 e. The second-order valence-corrected chi connectivity index (χ2v) is 7.07. The zero-order valence-corrected chi connectivity index (χ0v) is 12.3. The van der Waals surface area contributed by atoms with E-state index in [1.165, 1.54) is 0 Å². The third kappa shape index (κ3) is 4.03. The number of rotatable bonds is 5. The van der Waals surface area contributed by atoms with Gasteiger partial charge < -0.3 is 5.32 Å². The molecule has 1 saturated heterocycles. The number of benzene rings is 1. The maximum absolute atomic E-state index is 12.1. The van der Waals surface area contributed by atoms with E-state index in [1.54, 1.807) is 0 Å². The van der Waals surface area contributed by atoms with Gasteiger partial charge in [0.1, 0.15) is 0 Å². The van der Waals surface area contributed by atoms with Crippen molar-refractivity contribution in [3.8, 4) is 0 Å². The summed E-state index contributed by atoms with van der Waals surface area (Å²) in [7, 11) is -3.24. The minimum Gasteiger partial charge on any atom is -0.313 e. The van der Waals surface area contributed by atoms with Crippen LogP contribution < -0.4 is 10.0 Å². The Bertz CT molecular complexity index is 522. The lowest BCUT2D eigenvalue weighted by Gasteiger charge is -2.18. The van der Waals surface area contributed by atoms with Crippen molar-refractivity contribution < 1.29 is 8.42 Å². The second-order valence-electron chi connectivity index (χ2n) is 5.27. The highest BCUT2D eigenvalue weighted by molar-refractivity contribution is 7.89. The van der Waals surface area contributed by atoms with Gasteiger partial charge in [0.05, 0.1) is 5.75 Å². The summed E-state index contributed by atoms with van der Waals surface area (Å²) in [5.41, 5.74) is 2.14. The van der Waals surface area contributed by atoms with Gasteiger partial charge in [0.2, 0.25) is 10.0 Å². The van der Waals surface area contributed by atoms with E-state index in [4.69, 9.17) is 0 Å². The van der Waals surface area contributed by atoms with Gasteiger partial charge >= 0.3 is 0 Å². The molecule has 106 valence electrons. The minimum atomic E-state index is -3.24. The van der Waals surface area contributed by atoms with Gasteiger partial charge in [-0.1, -0.05) is 24.3 Å². The Kier molecular flexibility index (Phi) is 4.60. The monoisotopic (exact) mass is 282 g/mol. The molecule has 2 unspecified atom stereocenters. The summed E-state index contributed by atoms with van der Waals surface area (Å²) in [4.78, 5) is 0. The summed E-state index contributed by atoms with van der Waals surface area (Å²) in [5.74, 6) is 0.170. The van der Waals surface area contributed by atoms with Gasteiger partial charge in [-0.3, -0.25) is 0 Å². The molecule has 1 fully saturated rings. The van der Waals surface area contributed by atoms with Crippen molar-refractivity contribution >= 4 is 10.0 Å². The number of hydrogen-bond donors (Lipinski definition) is 2. The van der Waals surface area contributed by atoms with E-state index in [0.717, 1.165) is 30.5 Å². The summed E-state index contributed by atoms with van der Waals surface area (Å²) in [5, 5.41) is 3.22. The highest BCUT2D eigenvalue weighted by atomic mass is 32.2. The standard InChI is InChI=1S/C14H22N2O2S/c1-11-6-3-4-8-14(11)12(2)16-19(17,18)10-13-7-5-9-15-13/h3-4,6,8,12-13,15-16H,5,7,9-10H2,1-2H3. The maximum atomic E-state index is 12.1. The highest BCUT2D eigenvalue weighted by Crippen LogP contribution is 2.18. The lowest BCUT2D eigenvalue weighted by Crippen LogP contribution is -2.37. The van der Waals surface area contributed by atoms with Crippen molar-refractivity contribution in [2.45, 2.75) is 38.8 Å². The SMILES string of the molecule is Cc1ccccc1C(C)NS(=O)(=O)CC1CCCN1. The van der Waals surface area contributed by atoms with Crippen LogP contribution in [0, 0.1) is 6.92 Å². The molecule has 5 heteroatoms. The van der Waals surface area contributed by atoms with E-state index in [1.807, 2.05) is 38.1 Å². The molecule has 19 heavy (non-hydrogen) atoms. The van der Waals surface area contributed by atoms with Crippen LogP contribution in [0.1, 0.15) is 36.9 Å². The second kappa shape index (κ2) is 6.03. The average Bonchev–Trinajstić information content (AvgIpc) is 2.80. The topological polar surface area (TPSA) is 58.2 Å². The van der Waals surface area contributed by atoms with Gasteiger partial charge in [0, 0.05) is 12.1 Å². The minimum absolute atomic E-state index is 0.0987. The summed E-state index contributed by atoms with van der Waals surface area (Å²) in [6.07, 6.45) is 2.01. The Labute approximate surface area is 115 Å². The quantitative estimate of drug-likeness (QED) is 0.864. The first-order chi connectivity index (χ1) is 8.98. The summed E-state index contributed by atoms with van der Waals surface area (Å²) >= 11 is 0. The molecule has 0 bridgehead atoms. The molecule has 0 aromatic heterocycles. The van der Waals surface area contributed by atoms with E-state index in [0.29, 0.717) is 0 Å². The van der Waals surface area contributed by atoms with Crippen LogP contribution in [0.4, 0.5) is 0 Å². The zero-order valence-electron chi connectivity index (χ0n) is 11.5. The third-order valence-electron chi connectivity index (χ3n) is 3.59. The van der Waals surface area contributed by atoms with E-state index >= 15 is 0 Å². The smallest absolute Gasteiger partial charge is 0.213 e. The molecule has 1 aliphatic heterocycles. The number of nitrogens with one attached hydrogen (secondary N) is 2. The molecule has 0 aliphatic carbocycles. The third-order valence-corrected chi connectivity index (χ3v) is 5.15. The van der Waals surface area contributed by atoms with Gasteiger partial charge in [0.15, 0.2) is 0 Å². The first kappa shape index (κ1) is 14.5. The predicted molar refractivity (Wildman–Crippen MR) is 77.5 cm³/mol. The molecule has 2 N–H and O–H groups in total. The highest BCUT2D eigenvalue weighted by Gasteiger charge is 2.23. The largest absolute Gasteiger partial charge is 0.313 e. The van der Waals surface area contributed by atoms with Gasteiger partial charge in [-0.2, -0.15) is 0 Å². The Morgan fingerprint density at radius 3 is 2.79 bits per heavy atom. The normalized spacial score (nSPS) is 21.5. The van der Waals surface area contributed by atoms with Crippen LogP contribution >= 0.6 is 0 Å². The lowest BCUT2D eigenvalue weighted by atomic mass is 10.0. The number of hydrogen-bond acceptors (Lipinski definition) is 3. The fraction of sp³-hybridized carbons (Fsp3) is 0.571. The molecular weight excluding hydrogens is 260 g/mol. The average molecular weight is 282 g/mol. The molecule has 1 aromatic carbocycles. The fourth-order valence-corrected chi connectivity index (χ4v) is 4.19. The van der Waals surface area contributed by atoms with Crippen LogP contribution in [-0.4, -0.2) is 26.8 Å². The van der Waals surface area contributed by atoms with Crippen LogP contribution in [0.25, 0.3) is 0 Å². The van der Waals surface area contributed by atoms with Crippen molar-refractivity contribution in [2.75, 3.05) is 12.3 Å². The molecule has 1 heterocycles. The Hall–Kier alpha value is -0.910. The van der Waals surface area contributed by atoms with E-state index in [-0.39, 0.29) is 17.8 Å². The van der Waals surface area contributed by atoms with Crippen molar-refractivity contribution in [3.63, 3.8) is 0 Å². The van der Waals surface area contributed by atoms with Gasteiger partial charge in [-0.15, -0.1) is 0 Å². The summed E-state index contributed by atoms with van der Waals surface area (Å²) < 4.78 is 27.0. The van der Waals surface area contributed by atoms with Gasteiger partial charge in [0.25, 0.3) is 0 Å². The Balaban J connectivity index is 2.01. The molecule has 0 saturated carbocycles. The zero-order chi connectivity index (χ0) is 13.9. The first-order valence-electron chi connectivity index (χ1n) is 6.77. The van der Waals surface area contributed by atoms with Crippen LogP contribution in [0.15, 0.2) is 24.3 Å². The Morgan fingerprint density at radius 2 is 2.16 bits per heavy atom. The van der Waals surface area contributed by atoms with Crippen molar-refractivity contribution in [1.82, 2.24) is 10.0 Å².